The minimum Gasteiger partial charge on any atom is -0.496 e. The lowest BCUT2D eigenvalue weighted by atomic mass is 9.97. The van der Waals surface area contributed by atoms with Crippen molar-refractivity contribution in [1.82, 2.24) is 9.38 Å². The molecule has 5 heteroatoms. The summed E-state index contributed by atoms with van der Waals surface area (Å²) >= 11 is 6.44. The molecule has 0 unspecified atom stereocenters. The number of benzene rings is 1. The maximum atomic E-state index is 6.44. The van der Waals surface area contributed by atoms with Crippen LogP contribution in [-0.2, 0) is 6.42 Å². The molecule has 2 aromatic heterocycles. The molecule has 0 spiro atoms. The Morgan fingerprint density at radius 1 is 1.12 bits per heavy atom. The van der Waals surface area contributed by atoms with Gasteiger partial charge in [-0.15, -0.1) is 0 Å². The van der Waals surface area contributed by atoms with Crippen LogP contribution in [0.15, 0.2) is 30.7 Å². The molecule has 0 bridgehead atoms. The number of pyridine rings is 1. The van der Waals surface area contributed by atoms with E-state index in [2.05, 4.69) is 24.0 Å². The molecule has 24 heavy (non-hydrogen) atoms. The second-order valence-corrected chi connectivity index (χ2v) is 6.17. The van der Waals surface area contributed by atoms with E-state index < -0.39 is 0 Å². The highest BCUT2D eigenvalue weighted by atomic mass is 35.5. The molecule has 0 amide bonds. The quantitative estimate of drug-likeness (QED) is 0.658. The Morgan fingerprint density at radius 2 is 1.79 bits per heavy atom. The number of hydrogen-bond acceptors (Lipinski definition) is 3. The molecule has 0 aliphatic heterocycles. The van der Waals surface area contributed by atoms with Crippen LogP contribution in [0.25, 0.3) is 16.8 Å². The summed E-state index contributed by atoms with van der Waals surface area (Å²) in [6.07, 6.45) is 7.55. The van der Waals surface area contributed by atoms with Crippen LogP contribution in [0.3, 0.4) is 0 Å². The van der Waals surface area contributed by atoms with Crippen molar-refractivity contribution in [2.24, 2.45) is 0 Å². The van der Waals surface area contributed by atoms with E-state index in [1.165, 1.54) is 5.56 Å². The smallest absolute Gasteiger partial charge is 0.145 e. The molecule has 0 aliphatic carbocycles. The van der Waals surface area contributed by atoms with Crippen LogP contribution < -0.4 is 9.47 Å². The van der Waals surface area contributed by atoms with Gasteiger partial charge in [0.25, 0.3) is 0 Å². The van der Waals surface area contributed by atoms with Crippen LogP contribution >= 0.6 is 11.6 Å². The zero-order valence-corrected chi connectivity index (χ0v) is 15.1. The van der Waals surface area contributed by atoms with E-state index in [0.29, 0.717) is 5.02 Å². The lowest BCUT2D eigenvalue weighted by Crippen LogP contribution is -2.00. The second kappa shape index (κ2) is 6.73. The van der Waals surface area contributed by atoms with Crippen molar-refractivity contribution in [3.8, 4) is 22.6 Å². The molecule has 0 N–H and O–H groups in total. The molecule has 0 fully saturated rings. The van der Waals surface area contributed by atoms with Gasteiger partial charge in [0, 0.05) is 24.2 Å². The Labute approximate surface area is 147 Å². The number of aromatic nitrogens is 2. The van der Waals surface area contributed by atoms with Crippen molar-refractivity contribution < 1.29 is 9.47 Å². The molecule has 0 atom stereocenters. The standard InChI is InChI=1S/C19H21ClN2O2/c1-5-6-13-9-15(23-3)18(16(10-13)24-4)17-12(2)14(20)11-22-8-7-21-19(17)22/h7-11H,5-6H2,1-4H3. The number of nitrogens with zero attached hydrogens (tertiary/aromatic N) is 2. The molecule has 3 aromatic rings. The van der Waals surface area contributed by atoms with Crippen molar-refractivity contribution >= 4 is 17.2 Å². The van der Waals surface area contributed by atoms with E-state index in [4.69, 9.17) is 21.1 Å². The summed E-state index contributed by atoms with van der Waals surface area (Å²) in [4.78, 5) is 4.50. The number of imidazole rings is 1. The fourth-order valence-electron chi connectivity index (χ4n) is 3.06. The van der Waals surface area contributed by atoms with Gasteiger partial charge in [-0.2, -0.15) is 0 Å². The minimum absolute atomic E-state index is 0.678. The van der Waals surface area contributed by atoms with Gasteiger partial charge in [0.05, 0.1) is 24.8 Å². The molecule has 4 nitrogen and oxygen atoms in total. The molecule has 0 radical (unpaired) electrons. The van der Waals surface area contributed by atoms with E-state index >= 15 is 0 Å². The average Bonchev–Trinajstić information content (AvgIpc) is 3.03. The normalized spacial score (nSPS) is 11.0. The van der Waals surface area contributed by atoms with Gasteiger partial charge < -0.3 is 13.9 Å². The topological polar surface area (TPSA) is 35.8 Å². The fourth-order valence-corrected chi connectivity index (χ4v) is 3.26. The molecule has 2 heterocycles. The van der Waals surface area contributed by atoms with Gasteiger partial charge >= 0.3 is 0 Å². The van der Waals surface area contributed by atoms with Crippen molar-refractivity contribution in [1.29, 1.82) is 0 Å². The summed E-state index contributed by atoms with van der Waals surface area (Å²) < 4.78 is 13.3. The van der Waals surface area contributed by atoms with Crippen molar-refractivity contribution in [2.45, 2.75) is 26.7 Å². The van der Waals surface area contributed by atoms with Crippen molar-refractivity contribution in [3.63, 3.8) is 0 Å². The Morgan fingerprint density at radius 3 is 2.38 bits per heavy atom. The van der Waals surface area contributed by atoms with Crippen molar-refractivity contribution in [2.75, 3.05) is 14.2 Å². The molecule has 3 rings (SSSR count). The predicted molar refractivity (Wildman–Crippen MR) is 97.5 cm³/mol. The van der Waals surface area contributed by atoms with Gasteiger partial charge in [-0.25, -0.2) is 4.98 Å². The molecule has 0 saturated heterocycles. The monoisotopic (exact) mass is 344 g/mol. The molecular formula is C19H21ClN2O2. The van der Waals surface area contributed by atoms with Gasteiger partial charge in [-0.05, 0) is 36.6 Å². The maximum absolute atomic E-state index is 6.44. The highest BCUT2D eigenvalue weighted by molar-refractivity contribution is 6.31. The first-order valence-electron chi connectivity index (χ1n) is 7.97. The first-order valence-corrected chi connectivity index (χ1v) is 8.35. The Kier molecular flexibility index (Phi) is 4.67. The highest BCUT2D eigenvalue weighted by Crippen LogP contribution is 2.44. The van der Waals surface area contributed by atoms with Crippen LogP contribution in [0.2, 0.25) is 5.02 Å². The van der Waals surface area contributed by atoms with E-state index in [-0.39, 0.29) is 0 Å². The van der Waals surface area contributed by atoms with Gasteiger partial charge in [-0.1, -0.05) is 24.9 Å². The third kappa shape index (κ3) is 2.71. The maximum Gasteiger partial charge on any atom is 0.145 e. The SMILES string of the molecule is CCCc1cc(OC)c(-c2c(C)c(Cl)cn3ccnc23)c(OC)c1. The summed E-state index contributed by atoms with van der Waals surface area (Å²) in [7, 11) is 3.35. The Bertz CT molecular complexity index is 861. The molecule has 1 aromatic carbocycles. The van der Waals surface area contributed by atoms with E-state index in [1.807, 2.05) is 23.7 Å². The van der Waals surface area contributed by atoms with Crippen LogP contribution in [0, 0.1) is 6.92 Å². The summed E-state index contributed by atoms with van der Waals surface area (Å²) in [5.74, 6) is 1.54. The predicted octanol–water partition coefficient (Wildman–Crippen LogP) is 4.93. The molecule has 0 aliphatic rings. The van der Waals surface area contributed by atoms with Gasteiger partial charge in [0.15, 0.2) is 0 Å². The van der Waals surface area contributed by atoms with E-state index in [9.17, 15) is 0 Å². The number of hydrogen-bond donors (Lipinski definition) is 0. The number of aryl methyl sites for hydroxylation is 1. The first-order chi connectivity index (χ1) is 11.6. The van der Waals surface area contributed by atoms with Gasteiger partial charge in [0.1, 0.15) is 17.1 Å². The van der Waals surface area contributed by atoms with Crippen molar-refractivity contribution in [3.05, 3.63) is 46.9 Å². The summed E-state index contributed by atoms with van der Waals surface area (Å²) in [6, 6.07) is 4.14. The third-order valence-electron chi connectivity index (χ3n) is 4.23. The van der Waals surface area contributed by atoms with Crippen LogP contribution in [0.4, 0.5) is 0 Å². The molecule has 126 valence electrons. The highest BCUT2D eigenvalue weighted by Gasteiger charge is 2.21. The average molecular weight is 345 g/mol. The molecular weight excluding hydrogens is 324 g/mol. The van der Waals surface area contributed by atoms with Gasteiger partial charge in [0.2, 0.25) is 0 Å². The minimum atomic E-state index is 0.678. The summed E-state index contributed by atoms with van der Waals surface area (Å²) in [5, 5.41) is 0.678. The number of fused-ring (bicyclic) bond motifs is 1. The van der Waals surface area contributed by atoms with Crippen LogP contribution in [-0.4, -0.2) is 23.6 Å². The zero-order chi connectivity index (χ0) is 17.3. The second-order valence-electron chi connectivity index (χ2n) is 5.76. The Balaban J connectivity index is 2.37. The lowest BCUT2D eigenvalue weighted by molar-refractivity contribution is 0.396. The van der Waals surface area contributed by atoms with Gasteiger partial charge in [-0.3, -0.25) is 0 Å². The Hall–Kier alpha value is -2.20. The number of methoxy groups -OCH3 is 2. The van der Waals surface area contributed by atoms with Crippen LogP contribution in [0.5, 0.6) is 11.5 Å². The summed E-state index contributed by atoms with van der Waals surface area (Å²) in [5.41, 5.74) is 4.79. The largest absolute Gasteiger partial charge is 0.496 e. The van der Waals surface area contributed by atoms with E-state index in [0.717, 1.165) is 46.7 Å². The molecule has 0 saturated carbocycles. The number of ether oxygens (including phenoxy) is 2. The third-order valence-corrected chi connectivity index (χ3v) is 4.61. The lowest BCUT2D eigenvalue weighted by Gasteiger charge is -2.18. The fraction of sp³-hybridized carbons (Fsp3) is 0.316. The summed E-state index contributed by atoms with van der Waals surface area (Å²) in [6.45, 7) is 4.15. The number of rotatable bonds is 5. The number of halogens is 1. The zero-order valence-electron chi connectivity index (χ0n) is 14.4. The van der Waals surface area contributed by atoms with Crippen LogP contribution in [0.1, 0.15) is 24.5 Å². The first kappa shape index (κ1) is 16.7. The van der Waals surface area contributed by atoms with E-state index in [1.54, 1.807) is 20.4 Å².